The van der Waals surface area contributed by atoms with Crippen molar-refractivity contribution in [1.82, 2.24) is 14.9 Å². The second-order valence-electron chi connectivity index (χ2n) is 6.72. The van der Waals surface area contributed by atoms with Gasteiger partial charge in [-0.3, -0.25) is 9.59 Å². The number of likely N-dealkylation sites (tertiary alicyclic amines) is 1. The number of nitrogens with one attached hydrogen (secondary N) is 2. The van der Waals surface area contributed by atoms with Crippen LogP contribution in [0.25, 0.3) is 0 Å². The second kappa shape index (κ2) is 9.71. The third-order valence-electron chi connectivity index (χ3n) is 4.66. The van der Waals surface area contributed by atoms with Gasteiger partial charge in [0.25, 0.3) is 5.91 Å². The van der Waals surface area contributed by atoms with E-state index in [9.17, 15) is 18.0 Å². The third kappa shape index (κ3) is 6.02. The van der Waals surface area contributed by atoms with E-state index < -0.39 is 10.0 Å². The minimum atomic E-state index is -3.50. The van der Waals surface area contributed by atoms with Crippen molar-refractivity contribution in [3.63, 3.8) is 0 Å². The molecule has 0 radical (unpaired) electrons. The standard InChI is InChI=1S/C19H22ClN3O4S2/c20-15-5-3-14(4-6-15)19(25)21-10-7-17(24)23-11-8-16(9-12-23)22-29(26,27)18-2-1-13-28-18/h1-6,13,16,22H,7-12H2,(H,21,25). The average Bonchev–Trinajstić information content (AvgIpc) is 3.24. The average molecular weight is 456 g/mol. The zero-order valence-corrected chi connectivity index (χ0v) is 18.0. The zero-order chi connectivity index (χ0) is 20.9. The molecule has 0 saturated carbocycles. The molecule has 0 spiro atoms. The first-order valence-electron chi connectivity index (χ1n) is 9.22. The predicted octanol–water partition coefficient (Wildman–Crippen LogP) is 2.49. The summed E-state index contributed by atoms with van der Waals surface area (Å²) in [4.78, 5) is 26.1. The number of amides is 2. The van der Waals surface area contributed by atoms with Gasteiger partial charge in [0.15, 0.2) is 0 Å². The maximum Gasteiger partial charge on any atom is 0.251 e. The van der Waals surface area contributed by atoms with Crippen molar-refractivity contribution in [3.05, 3.63) is 52.4 Å². The fourth-order valence-corrected chi connectivity index (χ4v) is 5.53. The Balaban J connectivity index is 1.40. The minimum absolute atomic E-state index is 0.0547. The number of halogens is 1. The molecule has 1 saturated heterocycles. The summed E-state index contributed by atoms with van der Waals surface area (Å²) < 4.78 is 27.6. The smallest absolute Gasteiger partial charge is 0.251 e. The number of benzene rings is 1. The van der Waals surface area contributed by atoms with Crippen LogP contribution < -0.4 is 10.0 Å². The topological polar surface area (TPSA) is 95.6 Å². The molecular formula is C19H22ClN3O4S2. The molecular weight excluding hydrogens is 434 g/mol. The number of hydrogen-bond donors (Lipinski definition) is 2. The molecule has 1 aliphatic heterocycles. The third-order valence-corrected chi connectivity index (χ3v) is 7.83. The van der Waals surface area contributed by atoms with Crippen LogP contribution in [0, 0.1) is 0 Å². The Labute approximate surface area is 179 Å². The van der Waals surface area contributed by atoms with Crippen LogP contribution in [0.2, 0.25) is 5.02 Å². The molecule has 2 aromatic rings. The Morgan fingerprint density at radius 1 is 1.14 bits per heavy atom. The molecule has 7 nitrogen and oxygen atoms in total. The molecule has 3 rings (SSSR count). The number of thiophene rings is 1. The van der Waals surface area contributed by atoms with Gasteiger partial charge in [-0.15, -0.1) is 11.3 Å². The first-order valence-corrected chi connectivity index (χ1v) is 12.0. The molecule has 1 aromatic heterocycles. The normalized spacial score (nSPS) is 15.3. The molecule has 2 amide bonds. The summed E-state index contributed by atoms with van der Waals surface area (Å²) in [6, 6.07) is 9.62. The van der Waals surface area contributed by atoms with E-state index in [0.717, 1.165) is 0 Å². The van der Waals surface area contributed by atoms with Crippen LogP contribution in [0.4, 0.5) is 0 Å². The highest BCUT2D eigenvalue weighted by molar-refractivity contribution is 7.91. The van der Waals surface area contributed by atoms with Gasteiger partial charge in [0, 0.05) is 42.7 Å². The lowest BCUT2D eigenvalue weighted by Crippen LogP contribution is -2.46. The van der Waals surface area contributed by atoms with Gasteiger partial charge in [-0.05, 0) is 48.6 Å². The molecule has 0 bridgehead atoms. The lowest BCUT2D eigenvalue weighted by Gasteiger charge is -2.32. The van der Waals surface area contributed by atoms with E-state index in [-0.39, 0.29) is 30.8 Å². The maximum absolute atomic E-state index is 12.4. The molecule has 2 heterocycles. The monoisotopic (exact) mass is 455 g/mol. The highest BCUT2D eigenvalue weighted by Gasteiger charge is 2.27. The van der Waals surface area contributed by atoms with Crippen LogP contribution in [-0.4, -0.2) is 50.8 Å². The quantitative estimate of drug-likeness (QED) is 0.670. The SMILES string of the molecule is O=C(NCCC(=O)N1CCC(NS(=O)(=O)c2cccs2)CC1)c1ccc(Cl)cc1. The van der Waals surface area contributed by atoms with E-state index in [4.69, 9.17) is 11.6 Å². The number of rotatable bonds is 7. The van der Waals surface area contributed by atoms with Crippen molar-refractivity contribution in [2.45, 2.75) is 29.5 Å². The minimum Gasteiger partial charge on any atom is -0.352 e. The van der Waals surface area contributed by atoms with Crippen LogP contribution in [0.1, 0.15) is 29.6 Å². The molecule has 1 aromatic carbocycles. The van der Waals surface area contributed by atoms with E-state index >= 15 is 0 Å². The van der Waals surface area contributed by atoms with Gasteiger partial charge in [0.1, 0.15) is 4.21 Å². The molecule has 1 aliphatic rings. The Morgan fingerprint density at radius 2 is 1.83 bits per heavy atom. The van der Waals surface area contributed by atoms with Crippen LogP contribution >= 0.6 is 22.9 Å². The highest BCUT2D eigenvalue weighted by Crippen LogP contribution is 2.19. The van der Waals surface area contributed by atoms with E-state index in [2.05, 4.69) is 10.0 Å². The molecule has 156 valence electrons. The first kappa shape index (κ1) is 21.8. The van der Waals surface area contributed by atoms with Gasteiger partial charge in [0.2, 0.25) is 15.9 Å². The molecule has 10 heteroatoms. The predicted molar refractivity (Wildman–Crippen MR) is 113 cm³/mol. The second-order valence-corrected chi connectivity index (χ2v) is 10.0. The largest absolute Gasteiger partial charge is 0.352 e. The molecule has 0 aliphatic carbocycles. The molecule has 0 atom stereocenters. The van der Waals surface area contributed by atoms with Gasteiger partial charge in [-0.2, -0.15) is 0 Å². The number of carbonyl (C=O) groups excluding carboxylic acids is 2. The summed E-state index contributed by atoms with van der Waals surface area (Å²) in [5.41, 5.74) is 0.487. The van der Waals surface area contributed by atoms with Crippen molar-refractivity contribution >= 4 is 44.8 Å². The lowest BCUT2D eigenvalue weighted by molar-refractivity contribution is -0.132. The maximum atomic E-state index is 12.4. The van der Waals surface area contributed by atoms with Crippen molar-refractivity contribution < 1.29 is 18.0 Å². The van der Waals surface area contributed by atoms with Crippen LogP contribution in [0.5, 0.6) is 0 Å². The summed E-state index contributed by atoms with van der Waals surface area (Å²) in [7, 11) is -3.50. The summed E-state index contributed by atoms with van der Waals surface area (Å²) in [5.74, 6) is -0.308. The molecule has 2 N–H and O–H groups in total. The van der Waals surface area contributed by atoms with Gasteiger partial charge in [-0.1, -0.05) is 17.7 Å². The van der Waals surface area contributed by atoms with Crippen molar-refractivity contribution in [2.24, 2.45) is 0 Å². The van der Waals surface area contributed by atoms with Crippen LogP contribution in [0.3, 0.4) is 0 Å². The summed E-state index contributed by atoms with van der Waals surface area (Å²) in [6.07, 6.45) is 1.33. The molecule has 29 heavy (non-hydrogen) atoms. The Bertz CT molecular complexity index is 938. The summed E-state index contributed by atoms with van der Waals surface area (Å²) >= 11 is 6.98. The van der Waals surface area contributed by atoms with E-state index in [1.165, 1.54) is 11.3 Å². The number of hydrogen-bond acceptors (Lipinski definition) is 5. The van der Waals surface area contributed by atoms with Crippen molar-refractivity contribution in [3.8, 4) is 0 Å². The van der Waals surface area contributed by atoms with E-state index in [0.29, 0.717) is 40.7 Å². The zero-order valence-electron chi connectivity index (χ0n) is 15.6. The number of piperidine rings is 1. The summed E-state index contributed by atoms with van der Waals surface area (Å²) in [6.45, 7) is 1.22. The lowest BCUT2D eigenvalue weighted by atomic mass is 10.1. The fraction of sp³-hybridized carbons (Fsp3) is 0.368. The summed E-state index contributed by atoms with van der Waals surface area (Å²) in [5, 5.41) is 5.00. The van der Waals surface area contributed by atoms with Crippen LogP contribution in [0.15, 0.2) is 46.0 Å². The Morgan fingerprint density at radius 3 is 2.45 bits per heavy atom. The first-order chi connectivity index (χ1) is 13.8. The molecule has 0 unspecified atom stereocenters. The molecule has 1 fully saturated rings. The van der Waals surface area contributed by atoms with E-state index in [1.807, 2.05) is 0 Å². The van der Waals surface area contributed by atoms with Gasteiger partial charge in [0.05, 0.1) is 0 Å². The van der Waals surface area contributed by atoms with Gasteiger partial charge < -0.3 is 10.2 Å². The van der Waals surface area contributed by atoms with Crippen LogP contribution in [-0.2, 0) is 14.8 Å². The fourth-order valence-electron chi connectivity index (χ4n) is 3.09. The number of sulfonamides is 1. The highest BCUT2D eigenvalue weighted by atomic mass is 35.5. The van der Waals surface area contributed by atoms with E-state index in [1.54, 1.807) is 46.7 Å². The van der Waals surface area contributed by atoms with Crippen molar-refractivity contribution in [2.75, 3.05) is 19.6 Å². The van der Waals surface area contributed by atoms with Gasteiger partial charge >= 0.3 is 0 Å². The van der Waals surface area contributed by atoms with Gasteiger partial charge in [-0.25, -0.2) is 13.1 Å². The van der Waals surface area contributed by atoms with Crippen molar-refractivity contribution in [1.29, 1.82) is 0 Å². The number of carbonyl (C=O) groups is 2. The Kier molecular flexibility index (Phi) is 7.28. The number of nitrogens with zero attached hydrogens (tertiary/aromatic N) is 1. The Hall–Kier alpha value is -1.94.